The monoisotopic (exact) mass is 441 g/mol. The van der Waals surface area contributed by atoms with E-state index in [1.807, 2.05) is 0 Å². The molecule has 0 spiro atoms. The summed E-state index contributed by atoms with van der Waals surface area (Å²) >= 11 is 5.93. The van der Waals surface area contributed by atoms with Gasteiger partial charge < -0.3 is 10.1 Å². The first-order valence-corrected chi connectivity index (χ1v) is 12.1. The number of fused-ring (bicyclic) bond motifs is 5. The van der Waals surface area contributed by atoms with E-state index in [1.54, 1.807) is 24.3 Å². The summed E-state index contributed by atoms with van der Waals surface area (Å²) in [5.74, 6) is 1.83. The summed E-state index contributed by atoms with van der Waals surface area (Å²) in [4.78, 5) is 24.6. The van der Waals surface area contributed by atoms with Gasteiger partial charge in [0.25, 0.3) is 0 Å². The van der Waals surface area contributed by atoms with Gasteiger partial charge in [-0.05, 0) is 92.9 Å². The summed E-state index contributed by atoms with van der Waals surface area (Å²) in [6, 6.07) is 6.91. The molecule has 0 bridgehead atoms. The first-order chi connectivity index (χ1) is 14.8. The first-order valence-electron chi connectivity index (χ1n) is 11.8. The largest absolute Gasteiger partial charge is 0.458 e. The van der Waals surface area contributed by atoms with Crippen LogP contribution in [-0.2, 0) is 9.53 Å². The van der Waals surface area contributed by atoms with Gasteiger partial charge in [-0.15, -0.1) is 0 Å². The molecule has 1 saturated heterocycles. The minimum Gasteiger partial charge on any atom is -0.458 e. The number of halogens is 1. The topological polar surface area (TPSA) is 55.4 Å². The molecule has 1 amide bonds. The minimum absolute atomic E-state index is 0.0382. The number of esters is 1. The Morgan fingerprint density at radius 1 is 1.10 bits per heavy atom. The predicted octanol–water partition coefficient (Wildman–Crippen LogP) is 5.70. The maximum atomic E-state index is 12.6. The average Bonchev–Trinajstić information content (AvgIpc) is 2.73. The fourth-order valence-corrected chi connectivity index (χ4v) is 7.33. The van der Waals surface area contributed by atoms with E-state index in [0.29, 0.717) is 34.8 Å². The fourth-order valence-electron chi connectivity index (χ4n) is 7.21. The molecule has 0 radical (unpaired) electrons. The van der Waals surface area contributed by atoms with E-state index in [0.717, 1.165) is 38.5 Å². The predicted molar refractivity (Wildman–Crippen MR) is 121 cm³/mol. The van der Waals surface area contributed by atoms with Crippen molar-refractivity contribution in [2.45, 2.75) is 76.9 Å². The maximum absolute atomic E-state index is 12.6. The summed E-state index contributed by atoms with van der Waals surface area (Å²) in [5, 5.41) is 3.95. The average molecular weight is 442 g/mol. The number of hydrogen-bond donors (Lipinski definition) is 1. The van der Waals surface area contributed by atoms with Crippen LogP contribution in [0.1, 0.15) is 75.6 Å². The molecule has 3 fully saturated rings. The Morgan fingerprint density at radius 3 is 2.65 bits per heavy atom. The fraction of sp³-hybridized carbons (Fsp3) is 0.615. The second-order valence-electron chi connectivity index (χ2n) is 10.6. The van der Waals surface area contributed by atoms with Crippen molar-refractivity contribution in [3.05, 3.63) is 46.5 Å². The lowest BCUT2D eigenvalue weighted by molar-refractivity contribution is -0.131. The SMILES string of the molecule is C[C@]12CC[C@H](OC(=O)c3ccc(Cl)cc3)CC1=CC[C@@H]1[C@@H]2CC[C@]2(C)NC(=O)CC[C@@H]12. The van der Waals surface area contributed by atoms with Crippen LogP contribution >= 0.6 is 11.6 Å². The van der Waals surface area contributed by atoms with Gasteiger partial charge in [0, 0.05) is 23.4 Å². The molecule has 0 unspecified atom stereocenters. The van der Waals surface area contributed by atoms with Crippen LogP contribution in [0, 0.1) is 23.2 Å². The van der Waals surface area contributed by atoms with Crippen LogP contribution in [0.25, 0.3) is 0 Å². The smallest absolute Gasteiger partial charge is 0.338 e. The van der Waals surface area contributed by atoms with Crippen molar-refractivity contribution in [3.63, 3.8) is 0 Å². The number of benzene rings is 1. The third-order valence-electron chi connectivity index (χ3n) is 8.91. The molecule has 1 heterocycles. The lowest BCUT2D eigenvalue weighted by Crippen LogP contribution is -2.62. The summed E-state index contributed by atoms with van der Waals surface area (Å²) < 4.78 is 5.89. The number of carbonyl (C=O) groups is 2. The summed E-state index contributed by atoms with van der Waals surface area (Å²) in [7, 11) is 0. The van der Waals surface area contributed by atoms with Crippen molar-refractivity contribution in [2.75, 3.05) is 0 Å². The Hall–Kier alpha value is -1.81. The molecule has 5 rings (SSSR count). The van der Waals surface area contributed by atoms with Crippen LogP contribution in [0.5, 0.6) is 0 Å². The lowest BCUT2D eigenvalue weighted by atomic mass is 9.48. The third-order valence-corrected chi connectivity index (χ3v) is 9.16. The molecule has 1 aromatic rings. The van der Waals surface area contributed by atoms with Crippen molar-refractivity contribution >= 4 is 23.5 Å². The number of ether oxygens (including phenoxy) is 1. The van der Waals surface area contributed by atoms with Crippen LogP contribution in [0.4, 0.5) is 0 Å². The molecule has 166 valence electrons. The number of allylic oxidation sites excluding steroid dienone is 1. The number of nitrogens with one attached hydrogen (secondary N) is 1. The van der Waals surface area contributed by atoms with Gasteiger partial charge in [0.1, 0.15) is 6.10 Å². The second-order valence-corrected chi connectivity index (χ2v) is 11.0. The van der Waals surface area contributed by atoms with Crippen LogP contribution in [0.3, 0.4) is 0 Å². The Morgan fingerprint density at radius 2 is 1.87 bits per heavy atom. The van der Waals surface area contributed by atoms with Crippen LogP contribution in [0.2, 0.25) is 5.02 Å². The number of piperidine rings is 1. The zero-order valence-electron chi connectivity index (χ0n) is 18.5. The highest BCUT2D eigenvalue weighted by Gasteiger charge is 2.56. The van der Waals surface area contributed by atoms with Crippen LogP contribution in [0.15, 0.2) is 35.9 Å². The highest BCUT2D eigenvalue weighted by Crippen LogP contribution is 2.60. The van der Waals surface area contributed by atoms with Gasteiger partial charge in [-0.1, -0.05) is 30.2 Å². The third kappa shape index (κ3) is 3.61. The molecule has 4 nitrogen and oxygen atoms in total. The van der Waals surface area contributed by atoms with Crippen molar-refractivity contribution in [1.82, 2.24) is 5.32 Å². The molecule has 31 heavy (non-hydrogen) atoms. The van der Waals surface area contributed by atoms with Crippen molar-refractivity contribution in [2.24, 2.45) is 23.2 Å². The normalized spacial score (nSPS) is 39.3. The molecule has 0 aromatic heterocycles. The van der Waals surface area contributed by atoms with E-state index in [4.69, 9.17) is 16.3 Å². The van der Waals surface area contributed by atoms with Crippen LogP contribution in [-0.4, -0.2) is 23.5 Å². The molecule has 6 atom stereocenters. The quantitative estimate of drug-likeness (QED) is 0.473. The molecule has 2 saturated carbocycles. The van der Waals surface area contributed by atoms with Crippen molar-refractivity contribution < 1.29 is 14.3 Å². The highest BCUT2D eigenvalue weighted by atomic mass is 35.5. The van der Waals surface area contributed by atoms with Crippen LogP contribution < -0.4 is 5.32 Å². The first kappa shape index (κ1) is 21.1. The number of hydrogen-bond acceptors (Lipinski definition) is 3. The Labute approximate surface area is 189 Å². The molecule has 1 aliphatic heterocycles. The summed E-state index contributed by atoms with van der Waals surface area (Å²) in [6.45, 7) is 4.70. The van der Waals surface area contributed by atoms with E-state index in [1.165, 1.54) is 12.0 Å². The lowest BCUT2D eigenvalue weighted by Gasteiger charge is -2.59. The molecular weight excluding hydrogens is 410 g/mol. The maximum Gasteiger partial charge on any atom is 0.338 e. The van der Waals surface area contributed by atoms with E-state index >= 15 is 0 Å². The van der Waals surface area contributed by atoms with Gasteiger partial charge in [0.05, 0.1) is 5.56 Å². The molecule has 3 aliphatic carbocycles. The Bertz CT molecular complexity index is 925. The zero-order chi connectivity index (χ0) is 21.8. The van der Waals surface area contributed by atoms with E-state index in [-0.39, 0.29) is 28.9 Å². The minimum atomic E-state index is -0.258. The van der Waals surface area contributed by atoms with Gasteiger partial charge in [0.15, 0.2) is 0 Å². The van der Waals surface area contributed by atoms with Gasteiger partial charge >= 0.3 is 5.97 Å². The highest BCUT2D eigenvalue weighted by molar-refractivity contribution is 6.30. The van der Waals surface area contributed by atoms with E-state index < -0.39 is 0 Å². The standard InChI is InChI=1S/C26H32ClNO3/c1-25-13-11-19(31-24(30)16-3-6-18(27)7-4-16)15-17(25)5-8-20-21(25)12-14-26(2)22(20)9-10-23(29)28-26/h3-7,19-22H,8-15H2,1-2H3,(H,28,29)/t19-,20+,21-,22-,25-,26-/m0/s1. The van der Waals surface area contributed by atoms with E-state index in [2.05, 4.69) is 25.2 Å². The van der Waals surface area contributed by atoms with E-state index in [9.17, 15) is 9.59 Å². The summed E-state index contributed by atoms with van der Waals surface area (Å²) in [5.41, 5.74) is 2.19. The number of amides is 1. The second kappa shape index (κ2) is 7.65. The zero-order valence-corrected chi connectivity index (χ0v) is 19.2. The van der Waals surface area contributed by atoms with Crippen molar-refractivity contribution in [1.29, 1.82) is 0 Å². The summed E-state index contributed by atoms with van der Waals surface area (Å²) in [6.07, 6.45) is 10.2. The van der Waals surface area contributed by atoms with Gasteiger partial charge in [-0.3, -0.25) is 4.79 Å². The van der Waals surface area contributed by atoms with Gasteiger partial charge in [-0.2, -0.15) is 0 Å². The van der Waals surface area contributed by atoms with Gasteiger partial charge in [-0.25, -0.2) is 4.79 Å². The van der Waals surface area contributed by atoms with Crippen molar-refractivity contribution in [3.8, 4) is 0 Å². The Balaban J connectivity index is 1.31. The molecular formula is C26H32ClNO3. The van der Waals surface area contributed by atoms with Gasteiger partial charge in [0.2, 0.25) is 5.91 Å². The number of carbonyl (C=O) groups excluding carboxylic acids is 2. The molecule has 4 aliphatic rings. The molecule has 1 aromatic carbocycles. The Kier molecular flexibility index (Phi) is 5.20. The molecule has 1 N–H and O–H groups in total. The molecule has 5 heteroatoms. The number of rotatable bonds is 2.